The predicted octanol–water partition coefficient (Wildman–Crippen LogP) is 0.849. The molecule has 0 aromatic heterocycles. The average molecular weight is 285 g/mol. The summed E-state index contributed by atoms with van der Waals surface area (Å²) in [6, 6.07) is 0. The summed E-state index contributed by atoms with van der Waals surface area (Å²) in [6.45, 7) is 11.4. The molecule has 2 N–H and O–H groups in total. The highest BCUT2D eigenvalue weighted by Gasteiger charge is 2.30. The molecule has 5 heteroatoms. The minimum absolute atomic E-state index is 0.0247. The Bertz CT molecular complexity index is 295. The minimum atomic E-state index is 0.0247. The van der Waals surface area contributed by atoms with Gasteiger partial charge in [0.05, 0.1) is 13.2 Å². The predicted molar refractivity (Wildman–Crippen MR) is 81.8 cm³/mol. The van der Waals surface area contributed by atoms with Crippen molar-refractivity contribution in [2.24, 2.45) is 5.92 Å². The van der Waals surface area contributed by atoms with Crippen LogP contribution in [0.2, 0.25) is 0 Å². The van der Waals surface area contributed by atoms with Crippen molar-refractivity contribution in [2.45, 2.75) is 39.2 Å². The van der Waals surface area contributed by atoms with E-state index in [1.54, 1.807) is 7.11 Å². The molecule has 20 heavy (non-hydrogen) atoms. The van der Waals surface area contributed by atoms with Crippen molar-refractivity contribution in [1.29, 1.82) is 0 Å². The summed E-state index contributed by atoms with van der Waals surface area (Å²) in [5, 5.41) is 6.09. The first-order valence-corrected chi connectivity index (χ1v) is 7.67. The number of rotatable bonds is 8. The van der Waals surface area contributed by atoms with E-state index >= 15 is 0 Å². The molecule has 0 bridgehead atoms. The van der Waals surface area contributed by atoms with Gasteiger partial charge in [-0.1, -0.05) is 6.92 Å². The van der Waals surface area contributed by atoms with Crippen LogP contribution in [0.1, 0.15) is 33.6 Å². The molecule has 0 aromatic rings. The second kappa shape index (κ2) is 8.60. The number of likely N-dealkylation sites (tertiary alicyclic amines) is 1. The van der Waals surface area contributed by atoms with Gasteiger partial charge in [-0.05, 0) is 39.2 Å². The van der Waals surface area contributed by atoms with Crippen molar-refractivity contribution >= 4 is 5.91 Å². The van der Waals surface area contributed by atoms with Crippen LogP contribution in [0.4, 0.5) is 0 Å². The zero-order valence-electron chi connectivity index (χ0n) is 13.5. The number of amides is 1. The van der Waals surface area contributed by atoms with Crippen LogP contribution in [-0.4, -0.2) is 62.8 Å². The molecule has 1 unspecified atom stereocenters. The monoisotopic (exact) mass is 285 g/mol. The Morgan fingerprint density at radius 2 is 2.20 bits per heavy atom. The summed E-state index contributed by atoms with van der Waals surface area (Å²) in [7, 11) is 1.66. The lowest BCUT2D eigenvalue weighted by Gasteiger charge is -2.43. The first kappa shape index (κ1) is 17.4. The second-order valence-corrected chi connectivity index (χ2v) is 6.45. The van der Waals surface area contributed by atoms with Gasteiger partial charge in [0.1, 0.15) is 0 Å². The van der Waals surface area contributed by atoms with Gasteiger partial charge in [0.2, 0.25) is 5.91 Å². The molecular weight excluding hydrogens is 254 g/mol. The largest absolute Gasteiger partial charge is 0.383 e. The SMILES string of the molecule is COCCNCC(=O)NCC(C)(C)N1CCCC(C)C1. The van der Waals surface area contributed by atoms with E-state index in [9.17, 15) is 4.79 Å². The van der Waals surface area contributed by atoms with Crippen LogP contribution in [0.25, 0.3) is 0 Å². The maximum atomic E-state index is 11.8. The van der Waals surface area contributed by atoms with Crippen molar-refractivity contribution in [1.82, 2.24) is 15.5 Å². The van der Waals surface area contributed by atoms with E-state index in [1.807, 2.05) is 0 Å². The third kappa shape index (κ3) is 6.20. The lowest BCUT2D eigenvalue weighted by molar-refractivity contribution is -0.120. The van der Waals surface area contributed by atoms with Crippen molar-refractivity contribution in [3.63, 3.8) is 0 Å². The first-order valence-electron chi connectivity index (χ1n) is 7.67. The van der Waals surface area contributed by atoms with Crippen LogP contribution in [0, 0.1) is 5.92 Å². The van der Waals surface area contributed by atoms with E-state index in [1.165, 1.54) is 12.8 Å². The van der Waals surface area contributed by atoms with Crippen molar-refractivity contribution < 1.29 is 9.53 Å². The van der Waals surface area contributed by atoms with Crippen LogP contribution in [0.3, 0.4) is 0 Å². The molecule has 1 atom stereocenters. The topological polar surface area (TPSA) is 53.6 Å². The Balaban J connectivity index is 2.25. The van der Waals surface area contributed by atoms with Gasteiger partial charge in [0.25, 0.3) is 0 Å². The van der Waals surface area contributed by atoms with Gasteiger partial charge < -0.3 is 15.4 Å². The molecular formula is C15H31N3O2. The highest BCUT2D eigenvalue weighted by atomic mass is 16.5. The highest BCUT2D eigenvalue weighted by molar-refractivity contribution is 5.78. The summed E-state index contributed by atoms with van der Waals surface area (Å²) in [6.07, 6.45) is 2.58. The molecule has 0 saturated carbocycles. The van der Waals surface area contributed by atoms with Gasteiger partial charge >= 0.3 is 0 Å². The van der Waals surface area contributed by atoms with Gasteiger partial charge in [0.15, 0.2) is 0 Å². The number of hydrogen-bond donors (Lipinski definition) is 2. The molecule has 118 valence electrons. The zero-order chi connectivity index (χ0) is 15.0. The molecule has 1 aliphatic heterocycles. The normalized spacial score (nSPS) is 20.9. The Morgan fingerprint density at radius 1 is 1.45 bits per heavy atom. The Kier molecular flexibility index (Phi) is 7.48. The quantitative estimate of drug-likeness (QED) is 0.649. The number of piperidine rings is 1. The molecule has 0 radical (unpaired) electrons. The fraction of sp³-hybridized carbons (Fsp3) is 0.933. The van der Waals surface area contributed by atoms with Gasteiger partial charge in [-0.25, -0.2) is 0 Å². The maximum Gasteiger partial charge on any atom is 0.234 e. The van der Waals surface area contributed by atoms with Crippen LogP contribution in [0.15, 0.2) is 0 Å². The van der Waals surface area contributed by atoms with Crippen molar-refractivity contribution in [3.8, 4) is 0 Å². The molecule has 1 rings (SSSR count). The fourth-order valence-electron chi connectivity index (χ4n) is 2.60. The average Bonchev–Trinajstić information content (AvgIpc) is 2.41. The Hall–Kier alpha value is -0.650. The van der Waals surface area contributed by atoms with Gasteiger partial charge in [0, 0.05) is 32.3 Å². The third-order valence-corrected chi connectivity index (χ3v) is 4.00. The van der Waals surface area contributed by atoms with E-state index in [2.05, 4.69) is 36.3 Å². The number of carbonyl (C=O) groups excluding carboxylic acids is 1. The van der Waals surface area contributed by atoms with Crippen LogP contribution >= 0.6 is 0 Å². The number of nitrogens with one attached hydrogen (secondary N) is 2. The third-order valence-electron chi connectivity index (χ3n) is 4.00. The van der Waals surface area contributed by atoms with E-state index < -0.39 is 0 Å². The van der Waals surface area contributed by atoms with E-state index in [4.69, 9.17) is 4.74 Å². The number of carbonyl (C=O) groups is 1. The number of methoxy groups -OCH3 is 1. The molecule has 0 aliphatic carbocycles. The summed E-state index contributed by atoms with van der Waals surface area (Å²) >= 11 is 0. The van der Waals surface area contributed by atoms with E-state index in [-0.39, 0.29) is 11.4 Å². The van der Waals surface area contributed by atoms with Gasteiger partial charge in [-0.3, -0.25) is 9.69 Å². The second-order valence-electron chi connectivity index (χ2n) is 6.45. The summed E-state index contributed by atoms with van der Waals surface area (Å²) in [4.78, 5) is 14.3. The summed E-state index contributed by atoms with van der Waals surface area (Å²) in [5.74, 6) is 0.814. The number of ether oxygens (including phenoxy) is 1. The van der Waals surface area contributed by atoms with Crippen LogP contribution < -0.4 is 10.6 Å². The molecule has 0 spiro atoms. The molecule has 1 heterocycles. The smallest absolute Gasteiger partial charge is 0.234 e. The van der Waals surface area contributed by atoms with Crippen molar-refractivity contribution in [2.75, 3.05) is 46.4 Å². The Morgan fingerprint density at radius 3 is 2.85 bits per heavy atom. The minimum Gasteiger partial charge on any atom is -0.383 e. The molecule has 1 saturated heterocycles. The molecule has 0 aromatic carbocycles. The fourth-order valence-corrected chi connectivity index (χ4v) is 2.60. The van der Waals surface area contributed by atoms with Gasteiger partial charge in [-0.2, -0.15) is 0 Å². The van der Waals surface area contributed by atoms with E-state index in [0.717, 1.165) is 19.0 Å². The zero-order valence-corrected chi connectivity index (χ0v) is 13.5. The lowest BCUT2D eigenvalue weighted by atomic mass is 9.93. The maximum absolute atomic E-state index is 11.8. The first-order chi connectivity index (χ1) is 9.45. The Labute approximate surface area is 123 Å². The molecule has 1 fully saturated rings. The summed E-state index contributed by atoms with van der Waals surface area (Å²) < 4.78 is 4.93. The number of hydrogen-bond acceptors (Lipinski definition) is 4. The lowest BCUT2D eigenvalue weighted by Crippen LogP contribution is -2.55. The standard InChI is InChI=1S/C15H31N3O2/c1-13-6-5-8-18(11-13)15(2,3)12-17-14(19)10-16-7-9-20-4/h13,16H,5-12H2,1-4H3,(H,17,19). The highest BCUT2D eigenvalue weighted by Crippen LogP contribution is 2.23. The van der Waals surface area contributed by atoms with E-state index in [0.29, 0.717) is 26.2 Å². The molecule has 1 aliphatic rings. The molecule has 1 amide bonds. The molecule has 5 nitrogen and oxygen atoms in total. The van der Waals surface area contributed by atoms with Crippen LogP contribution in [0.5, 0.6) is 0 Å². The van der Waals surface area contributed by atoms with Gasteiger partial charge in [-0.15, -0.1) is 0 Å². The number of nitrogens with zero attached hydrogens (tertiary/aromatic N) is 1. The summed E-state index contributed by atoms with van der Waals surface area (Å²) in [5.41, 5.74) is 0.0247. The van der Waals surface area contributed by atoms with Crippen LogP contribution in [-0.2, 0) is 9.53 Å². The van der Waals surface area contributed by atoms with Crippen molar-refractivity contribution in [3.05, 3.63) is 0 Å².